The van der Waals surface area contributed by atoms with Crippen LogP contribution in [0.5, 0.6) is 0 Å². The topological polar surface area (TPSA) is 82.7 Å². The van der Waals surface area contributed by atoms with E-state index in [4.69, 9.17) is 0 Å². The van der Waals surface area contributed by atoms with E-state index in [0.29, 0.717) is 17.7 Å². The molecule has 0 saturated carbocycles. The van der Waals surface area contributed by atoms with Crippen LogP contribution in [-0.4, -0.2) is 64.2 Å². The van der Waals surface area contributed by atoms with Crippen molar-refractivity contribution in [2.24, 2.45) is 0 Å². The highest BCUT2D eigenvalue weighted by molar-refractivity contribution is 5.99. The number of carbonyl (C=O) groups excluding carboxylic acids is 2. The number of carbonyl (C=O) groups is 2. The van der Waals surface area contributed by atoms with Gasteiger partial charge >= 0.3 is 0 Å². The van der Waals surface area contributed by atoms with Crippen LogP contribution >= 0.6 is 0 Å². The van der Waals surface area contributed by atoms with Crippen molar-refractivity contribution < 1.29 is 18.7 Å². The lowest BCUT2D eigenvalue weighted by molar-refractivity contribution is -0.128. The molecular formula is C25H39FN4O3. The van der Waals surface area contributed by atoms with Gasteiger partial charge in [-0.25, -0.2) is 4.39 Å². The van der Waals surface area contributed by atoms with Crippen molar-refractivity contribution in [3.05, 3.63) is 54.4 Å². The molecular weight excluding hydrogens is 423 g/mol. The van der Waals surface area contributed by atoms with Crippen LogP contribution in [0.1, 0.15) is 35.7 Å². The minimum atomic E-state index is -0.436. The Morgan fingerprint density at radius 2 is 1.82 bits per heavy atom. The van der Waals surface area contributed by atoms with E-state index in [0.717, 1.165) is 32.5 Å². The fourth-order valence-corrected chi connectivity index (χ4v) is 2.77. The monoisotopic (exact) mass is 462 g/mol. The highest BCUT2D eigenvalue weighted by Crippen LogP contribution is 2.23. The molecule has 0 atom stereocenters. The average Bonchev–Trinajstić information content (AvgIpc) is 3.46. The van der Waals surface area contributed by atoms with Crippen molar-refractivity contribution in [1.29, 1.82) is 0 Å². The molecule has 0 spiro atoms. The Balaban J connectivity index is 0. The number of halogens is 1. The number of hydrogen-bond donors (Lipinski definition) is 3. The molecule has 1 aromatic rings. The fraction of sp³-hybridized carbons (Fsp3) is 0.440. The Labute approximate surface area is 198 Å². The molecule has 1 aromatic carbocycles. The first-order chi connectivity index (χ1) is 15.9. The Morgan fingerprint density at radius 3 is 2.27 bits per heavy atom. The molecule has 184 valence electrons. The Bertz CT molecular complexity index is 745. The molecule has 3 rings (SSSR count). The molecule has 33 heavy (non-hydrogen) atoms. The third kappa shape index (κ3) is 13.1. The van der Waals surface area contributed by atoms with E-state index in [1.165, 1.54) is 12.1 Å². The number of likely N-dealkylation sites (N-methyl/N-ethyl adjacent to an activating group) is 1. The summed E-state index contributed by atoms with van der Waals surface area (Å²) >= 11 is 0. The highest BCUT2D eigenvalue weighted by atomic mass is 19.1. The van der Waals surface area contributed by atoms with Crippen LogP contribution < -0.4 is 16.0 Å². The first-order valence-electron chi connectivity index (χ1n) is 10.6. The number of fused-ring (bicyclic) bond motifs is 1. The van der Waals surface area contributed by atoms with Crippen LogP contribution in [0.25, 0.3) is 0 Å². The fourth-order valence-electron chi connectivity index (χ4n) is 2.77. The number of hydrogen-bond acceptors (Lipinski definition) is 5. The van der Waals surface area contributed by atoms with Gasteiger partial charge in [-0.1, -0.05) is 12.2 Å². The first-order valence-corrected chi connectivity index (χ1v) is 10.6. The number of amides is 2. The summed E-state index contributed by atoms with van der Waals surface area (Å²) in [4.78, 5) is 25.2. The van der Waals surface area contributed by atoms with Crippen LogP contribution in [0.15, 0.2) is 37.4 Å². The summed E-state index contributed by atoms with van der Waals surface area (Å²) in [7, 11) is 5.14. The maximum Gasteiger partial charge on any atom is 0.251 e. The Hall–Kier alpha value is -3.15. The van der Waals surface area contributed by atoms with Crippen LogP contribution in [0.3, 0.4) is 0 Å². The third-order valence-corrected chi connectivity index (χ3v) is 4.11. The van der Waals surface area contributed by atoms with Crippen LogP contribution in [0, 0.1) is 18.7 Å². The van der Waals surface area contributed by atoms with Gasteiger partial charge in [-0.2, -0.15) is 0 Å². The molecule has 0 unspecified atom stereocenters. The van der Waals surface area contributed by atoms with Crippen molar-refractivity contribution in [1.82, 2.24) is 15.5 Å². The molecule has 2 heterocycles. The van der Waals surface area contributed by atoms with Gasteiger partial charge < -0.3 is 25.6 Å². The van der Waals surface area contributed by atoms with Crippen molar-refractivity contribution in [2.45, 2.75) is 26.3 Å². The summed E-state index contributed by atoms with van der Waals surface area (Å²) in [6.07, 6.45) is 13.6. The summed E-state index contributed by atoms with van der Waals surface area (Å²) in [6.45, 7) is 11.6. The number of ether oxygens (including phenoxy) is 1. The van der Waals surface area contributed by atoms with E-state index < -0.39 is 5.82 Å². The standard InChI is InChI=1S/C14H16FN3O2.C4H9N.C3H6.C2H6O.C2H2/c15-11-5-9-7-17-14(20)10(9)6-12(11)16-8-13(19)18-3-1-2-4-18;1-3-4-5-2;2*1-3-2;1-2/h5-6,16H,1-4,7-8H2,(H,17,20);3,5H,1,4H2,2H3;3H,1H2,2H3;1-2H3;1-2H. The summed E-state index contributed by atoms with van der Waals surface area (Å²) in [5.41, 5.74) is 1.33. The zero-order valence-electron chi connectivity index (χ0n) is 20.4. The lowest BCUT2D eigenvalue weighted by atomic mass is 10.1. The van der Waals surface area contributed by atoms with Gasteiger partial charge in [0.1, 0.15) is 5.82 Å². The molecule has 0 aliphatic carbocycles. The summed E-state index contributed by atoms with van der Waals surface area (Å²) in [5, 5.41) is 8.33. The van der Waals surface area contributed by atoms with Gasteiger partial charge in [0, 0.05) is 46.0 Å². The predicted octanol–water partition coefficient (Wildman–Crippen LogP) is 3.20. The molecule has 8 heteroatoms. The molecule has 0 radical (unpaired) electrons. The van der Waals surface area contributed by atoms with E-state index in [2.05, 4.69) is 46.7 Å². The number of anilines is 1. The maximum atomic E-state index is 13.9. The zero-order chi connectivity index (χ0) is 25.6. The normalized spacial score (nSPS) is 12.5. The summed E-state index contributed by atoms with van der Waals surface area (Å²) < 4.78 is 18.1. The van der Waals surface area contributed by atoms with E-state index in [9.17, 15) is 14.0 Å². The van der Waals surface area contributed by atoms with Gasteiger partial charge in [0.05, 0.1) is 12.2 Å². The number of allylic oxidation sites excluding steroid dienone is 1. The van der Waals surface area contributed by atoms with Crippen LogP contribution in [0.4, 0.5) is 10.1 Å². The lowest BCUT2D eigenvalue weighted by Crippen LogP contribution is -2.33. The van der Waals surface area contributed by atoms with Gasteiger partial charge in [-0.15, -0.1) is 26.0 Å². The Kier molecular flexibility index (Phi) is 20.1. The molecule has 2 aliphatic heterocycles. The van der Waals surface area contributed by atoms with Gasteiger partial charge in [-0.3, -0.25) is 9.59 Å². The minimum Gasteiger partial charge on any atom is -0.388 e. The van der Waals surface area contributed by atoms with Crippen molar-refractivity contribution in [3.63, 3.8) is 0 Å². The molecule has 0 bridgehead atoms. The molecule has 2 aliphatic rings. The van der Waals surface area contributed by atoms with E-state index >= 15 is 0 Å². The van der Waals surface area contributed by atoms with E-state index in [-0.39, 0.29) is 24.0 Å². The zero-order valence-corrected chi connectivity index (χ0v) is 20.4. The second-order valence-electron chi connectivity index (χ2n) is 6.78. The second-order valence-corrected chi connectivity index (χ2v) is 6.78. The SMILES string of the molecule is C#C.C=CC.C=CCNC.COC.O=C1NCc2cc(F)c(NCC(=O)N3CCCC3)cc21. The van der Waals surface area contributed by atoms with Crippen molar-refractivity contribution >= 4 is 17.5 Å². The van der Waals surface area contributed by atoms with Gasteiger partial charge in [-0.05, 0) is 44.5 Å². The van der Waals surface area contributed by atoms with E-state index in [1.54, 1.807) is 25.2 Å². The number of methoxy groups -OCH3 is 1. The molecule has 2 amide bonds. The van der Waals surface area contributed by atoms with Gasteiger partial charge in [0.2, 0.25) is 5.91 Å². The second kappa shape index (κ2) is 20.7. The van der Waals surface area contributed by atoms with E-state index in [1.807, 2.05) is 20.0 Å². The number of nitrogens with one attached hydrogen (secondary N) is 3. The highest BCUT2D eigenvalue weighted by Gasteiger charge is 2.22. The quantitative estimate of drug-likeness (QED) is 0.462. The number of rotatable bonds is 5. The number of benzene rings is 1. The Morgan fingerprint density at radius 1 is 1.27 bits per heavy atom. The maximum absolute atomic E-state index is 13.9. The van der Waals surface area contributed by atoms with Gasteiger partial charge in [0.25, 0.3) is 5.91 Å². The number of terminal acetylenes is 1. The van der Waals surface area contributed by atoms with Crippen LogP contribution in [-0.2, 0) is 16.1 Å². The number of nitrogens with zero attached hydrogens (tertiary/aromatic N) is 1. The van der Waals surface area contributed by atoms with Crippen molar-refractivity contribution in [2.75, 3.05) is 52.8 Å². The molecule has 0 aromatic heterocycles. The first kappa shape index (κ1) is 32.0. The minimum absolute atomic E-state index is 0.0353. The molecule has 1 fully saturated rings. The largest absolute Gasteiger partial charge is 0.388 e. The number of likely N-dealkylation sites (tertiary alicyclic amines) is 1. The third-order valence-electron chi connectivity index (χ3n) is 4.11. The van der Waals surface area contributed by atoms with Crippen LogP contribution in [0.2, 0.25) is 0 Å². The average molecular weight is 463 g/mol. The lowest BCUT2D eigenvalue weighted by Gasteiger charge is -2.16. The van der Waals surface area contributed by atoms with Gasteiger partial charge in [0.15, 0.2) is 0 Å². The summed E-state index contributed by atoms with van der Waals surface area (Å²) in [5.74, 6) is -0.671. The predicted molar refractivity (Wildman–Crippen MR) is 135 cm³/mol. The molecule has 3 N–H and O–H groups in total. The van der Waals surface area contributed by atoms with Crippen molar-refractivity contribution in [3.8, 4) is 12.8 Å². The molecule has 7 nitrogen and oxygen atoms in total. The summed E-state index contributed by atoms with van der Waals surface area (Å²) in [6, 6.07) is 2.82. The smallest absolute Gasteiger partial charge is 0.251 e. The molecule has 1 saturated heterocycles.